The molecule has 0 heterocycles. The summed E-state index contributed by atoms with van der Waals surface area (Å²) in [4.78, 5) is 0. The van der Waals surface area contributed by atoms with Gasteiger partial charge in [-0.3, -0.25) is 0 Å². The van der Waals surface area contributed by atoms with Crippen molar-refractivity contribution in [2.24, 2.45) is 0 Å². The molecule has 6 heteroatoms. The van der Waals surface area contributed by atoms with E-state index < -0.39 is 23.4 Å². The maximum absolute atomic E-state index is 12.4. The Kier molecular flexibility index (Phi) is 3.20. The highest BCUT2D eigenvalue weighted by Crippen LogP contribution is 2.37. The van der Waals surface area contributed by atoms with Gasteiger partial charge in [0.1, 0.15) is 6.67 Å². The molecule has 0 radical (unpaired) electrons. The van der Waals surface area contributed by atoms with Crippen molar-refractivity contribution in [1.29, 1.82) is 5.26 Å². The van der Waals surface area contributed by atoms with Gasteiger partial charge < -0.3 is 0 Å². The van der Waals surface area contributed by atoms with Crippen LogP contribution in [0.25, 0.3) is 0 Å². The number of hydrogen-bond acceptors (Lipinski definition) is 1. The predicted octanol–water partition coefficient (Wildman–Crippen LogP) is 3.70. The molecule has 1 rings (SSSR count). The van der Waals surface area contributed by atoms with E-state index in [4.69, 9.17) is 16.9 Å². The SMILES string of the molecule is N#Cc1cc(CF)c(Cl)c(C(F)(F)F)c1. The number of rotatable bonds is 1. The van der Waals surface area contributed by atoms with Gasteiger partial charge in [-0.2, -0.15) is 18.4 Å². The first kappa shape index (κ1) is 11.8. The van der Waals surface area contributed by atoms with Gasteiger partial charge in [-0.1, -0.05) is 11.6 Å². The van der Waals surface area contributed by atoms with Crippen molar-refractivity contribution in [1.82, 2.24) is 0 Å². The van der Waals surface area contributed by atoms with Crippen LogP contribution >= 0.6 is 11.6 Å². The van der Waals surface area contributed by atoms with E-state index in [9.17, 15) is 17.6 Å². The van der Waals surface area contributed by atoms with Gasteiger partial charge >= 0.3 is 6.18 Å². The molecule has 0 saturated heterocycles. The Morgan fingerprint density at radius 3 is 2.33 bits per heavy atom. The number of nitriles is 1. The Hall–Kier alpha value is -1.28. The lowest BCUT2D eigenvalue weighted by Crippen LogP contribution is -2.07. The smallest absolute Gasteiger partial charge is 0.246 e. The van der Waals surface area contributed by atoms with Crippen LogP contribution in [0, 0.1) is 11.3 Å². The largest absolute Gasteiger partial charge is 0.417 e. The summed E-state index contributed by atoms with van der Waals surface area (Å²) < 4.78 is 49.4. The molecule has 0 aliphatic carbocycles. The van der Waals surface area contributed by atoms with E-state index in [0.717, 1.165) is 6.07 Å². The first-order valence-electron chi connectivity index (χ1n) is 3.76. The van der Waals surface area contributed by atoms with Crippen molar-refractivity contribution in [3.63, 3.8) is 0 Å². The molecule has 0 aliphatic rings. The highest BCUT2D eigenvalue weighted by Gasteiger charge is 2.34. The predicted molar refractivity (Wildman–Crippen MR) is 46.0 cm³/mol. The summed E-state index contributed by atoms with van der Waals surface area (Å²) in [5.74, 6) is 0. The van der Waals surface area contributed by atoms with Gasteiger partial charge in [0.2, 0.25) is 0 Å². The summed E-state index contributed by atoms with van der Waals surface area (Å²) in [7, 11) is 0. The number of hydrogen-bond donors (Lipinski definition) is 0. The summed E-state index contributed by atoms with van der Waals surface area (Å²) in [6.45, 7) is -1.14. The molecule has 15 heavy (non-hydrogen) atoms. The summed E-state index contributed by atoms with van der Waals surface area (Å²) in [5.41, 5.74) is -1.78. The topological polar surface area (TPSA) is 23.8 Å². The third-order valence-electron chi connectivity index (χ3n) is 1.73. The number of halogens is 5. The Labute approximate surface area is 87.9 Å². The minimum Gasteiger partial charge on any atom is -0.246 e. The molecule has 0 bridgehead atoms. The lowest BCUT2D eigenvalue weighted by molar-refractivity contribution is -0.137. The molecule has 0 N–H and O–H groups in total. The van der Waals surface area contributed by atoms with Gasteiger partial charge in [0.25, 0.3) is 0 Å². The van der Waals surface area contributed by atoms with Crippen molar-refractivity contribution in [2.45, 2.75) is 12.9 Å². The number of alkyl halides is 4. The minimum atomic E-state index is -4.69. The first-order chi connectivity index (χ1) is 6.90. The van der Waals surface area contributed by atoms with Crippen LogP contribution in [-0.4, -0.2) is 0 Å². The zero-order chi connectivity index (χ0) is 11.6. The fraction of sp³-hybridized carbons (Fsp3) is 0.222. The molecule has 0 fully saturated rings. The number of benzene rings is 1. The van der Waals surface area contributed by atoms with E-state index in [0.29, 0.717) is 6.07 Å². The molecular formula is C9H4ClF4N. The molecular weight excluding hydrogens is 234 g/mol. The second-order valence-corrected chi connectivity index (χ2v) is 3.12. The highest BCUT2D eigenvalue weighted by molar-refractivity contribution is 6.32. The van der Waals surface area contributed by atoms with Crippen LogP contribution in [0.5, 0.6) is 0 Å². The van der Waals surface area contributed by atoms with Gasteiger partial charge in [-0.25, -0.2) is 4.39 Å². The van der Waals surface area contributed by atoms with E-state index in [1.165, 1.54) is 6.07 Å². The standard InChI is InChI=1S/C9H4ClF4N/c10-8-6(3-11)1-5(4-15)2-7(8)9(12,13)14/h1-2H,3H2. The van der Waals surface area contributed by atoms with E-state index in [1.54, 1.807) is 0 Å². The average molecular weight is 238 g/mol. The zero-order valence-corrected chi connectivity index (χ0v) is 7.95. The zero-order valence-electron chi connectivity index (χ0n) is 7.20. The van der Waals surface area contributed by atoms with Gasteiger partial charge in [0, 0.05) is 5.56 Å². The molecule has 1 aromatic rings. The lowest BCUT2D eigenvalue weighted by atomic mass is 10.1. The van der Waals surface area contributed by atoms with E-state index in [1.807, 2.05) is 0 Å². The van der Waals surface area contributed by atoms with Crippen LogP contribution in [0.1, 0.15) is 16.7 Å². The van der Waals surface area contributed by atoms with E-state index in [2.05, 4.69) is 0 Å². The maximum Gasteiger partial charge on any atom is 0.417 e. The normalized spacial score (nSPS) is 11.2. The number of nitrogens with zero attached hydrogens (tertiary/aromatic N) is 1. The van der Waals surface area contributed by atoms with Gasteiger partial charge in [0.15, 0.2) is 0 Å². The monoisotopic (exact) mass is 237 g/mol. The molecule has 0 amide bonds. The molecule has 1 aromatic carbocycles. The second kappa shape index (κ2) is 4.07. The summed E-state index contributed by atoms with van der Waals surface area (Å²) in [6.07, 6.45) is -4.69. The van der Waals surface area contributed by atoms with Crippen molar-refractivity contribution in [3.05, 3.63) is 33.8 Å². The van der Waals surface area contributed by atoms with Crippen molar-refractivity contribution >= 4 is 11.6 Å². The van der Waals surface area contributed by atoms with Gasteiger partial charge in [-0.05, 0) is 12.1 Å². The molecule has 0 unspecified atom stereocenters. The Morgan fingerprint density at radius 2 is 1.93 bits per heavy atom. The Balaban J connectivity index is 3.46. The van der Waals surface area contributed by atoms with Gasteiger partial charge in [-0.15, -0.1) is 0 Å². The van der Waals surface area contributed by atoms with Crippen LogP contribution in [0.3, 0.4) is 0 Å². The lowest BCUT2D eigenvalue weighted by Gasteiger charge is -2.11. The van der Waals surface area contributed by atoms with Crippen molar-refractivity contribution in [3.8, 4) is 6.07 Å². The van der Waals surface area contributed by atoms with Crippen molar-refractivity contribution in [2.75, 3.05) is 0 Å². The Bertz CT molecular complexity index is 419. The first-order valence-corrected chi connectivity index (χ1v) is 4.13. The minimum absolute atomic E-state index is 0.264. The summed E-state index contributed by atoms with van der Waals surface area (Å²) in [5, 5.41) is 7.77. The molecule has 0 aliphatic heterocycles. The second-order valence-electron chi connectivity index (χ2n) is 2.74. The van der Waals surface area contributed by atoms with Crippen LogP contribution in [0.15, 0.2) is 12.1 Å². The van der Waals surface area contributed by atoms with Crippen LogP contribution in [0.2, 0.25) is 5.02 Å². The average Bonchev–Trinajstić information content (AvgIpc) is 2.16. The van der Waals surface area contributed by atoms with Crippen LogP contribution in [0.4, 0.5) is 17.6 Å². The fourth-order valence-corrected chi connectivity index (χ4v) is 1.32. The van der Waals surface area contributed by atoms with E-state index in [-0.39, 0.29) is 11.1 Å². The molecule has 0 saturated carbocycles. The van der Waals surface area contributed by atoms with Crippen LogP contribution < -0.4 is 0 Å². The molecule has 1 nitrogen and oxygen atoms in total. The van der Waals surface area contributed by atoms with Crippen molar-refractivity contribution < 1.29 is 17.6 Å². The molecule has 0 aromatic heterocycles. The maximum atomic E-state index is 12.4. The third-order valence-corrected chi connectivity index (χ3v) is 2.17. The molecule has 0 spiro atoms. The highest BCUT2D eigenvalue weighted by atomic mass is 35.5. The van der Waals surface area contributed by atoms with E-state index >= 15 is 0 Å². The summed E-state index contributed by atoms with van der Waals surface area (Å²) >= 11 is 5.35. The third kappa shape index (κ3) is 2.39. The van der Waals surface area contributed by atoms with Gasteiger partial charge in [0.05, 0.1) is 22.2 Å². The fourth-order valence-electron chi connectivity index (χ4n) is 1.05. The molecule has 80 valence electrons. The van der Waals surface area contributed by atoms with Crippen LogP contribution in [-0.2, 0) is 12.9 Å². The Morgan fingerprint density at radius 1 is 1.33 bits per heavy atom. The quantitative estimate of drug-likeness (QED) is 0.683. The summed E-state index contributed by atoms with van der Waals surface area (Å²) in [6, 6.07) is 3.11. The molecule has 0 atom stereocenters.